The van der Waals surface area contributed by atoms with Gasteiger partial charge in [-0.15, -0.1) is 0 Å². The van der Waals surface area contributed by atoms with E-state index in [2.05, 4.69) is 62.4 Å². The number of likely N-dealkylation sites (N-methyl/N-ethyl adjacent to an activating group) is 1. The Labute approximate surface area is 144 Å². The van der Waals surface area contributed by atoms with Crippen LogP contribution in [0.3, 0.4) is 0 Å². The van der Waals surface area contributed by atoms with E-state index in [0.29, 0.717) is 0 Å². The SMILES string of the molecule is C[N+](C)(CC#Cc1ccccc1)C/C=C/c1ccccc1.[Br-]. The lowest BCUT2D eigenvalue weighted by Gasteiger charge is -2.25. The zero-order chi connectivity index (χ0) is 15.0. The Kier molecular flexibility index (Phi) is 7.66. The molecule has 0 aliphatic heterocycles. The lowest BCUT2D eigenvalue weighted by Crippen LogP contribution is -3.00. The highest BCUT2D eigenvalue weighted by molar-refractivity contribution is 5.48. The van der Waals surface area contributed by atoms with Gasteiger partial charge < -0.3 is 21.5 Å². The van der Waals surface area contributed by atoms with Crippen LogP contribution in [0, 0.1) is 11.8 Å². The molecule has 0 amide bonds. The number of nitrogens with zero attached hydrogens (tertiary/aromatic N) is 1. The van der Waals surface area contributed by atoms with Crippen molar-refractivity contribution in [3.63, 3.8) is 0 Å². The molecule has 0 radical (unpaired) electrons. The van der Waals surface area contributed by atoms with Crippen LogP contribution in [0.2, 0.25) is 0 Å². The van der Waals surface area contributed by atoms with Gasteiger partial charge in [-0.25, -0.2) is 0 Å². The van der Waals surface area contributed by atoms with Gasteiger partial charge in [0.05, 0.1) is 20.6 Å². The predicted molar refractivity (Wildman–Crippen MR) is 90.6 cm³/mol. The quantitative estimate of drug-likeness (QED) is 0.563. The van der Waals surface area contributed by atoms with E-state index in [4.69, 9.17) is 0 Å². The van der Waals surface area contributed by atoms with Crippen LogP contribution in [0.4, 0.5) is 0 Å². The Bertz CT molecular complexity index is 634. The van der Waals surface area contributed by atoms with Crippen LogP contribution in [0.1, 0.15) is 11.1 Å². The minimum atomic E-state index is 0. The van der Waals surface area contributed by atoms with Crippen LogP contribution < -0.4 is 17.0 Å². The van der Waals surface area contributed by atoms with Crippen LogP contribution in [-0.4, -0.2) is 31.7 Å². The second-order valence-electron chi connectivity index (χ2n) is 5.76. The first-order valence-electron chi connectivity index (χ1n) is 7.23. The maximum Gasteiger partial charge on any atom is 0.141 e. The van der Waals surface area contributed by atoms with Gasteiger partial charge in [0.15, 0.2) is 0 Å². The Morgan fingerprint density at radius 2 is 1.50 bits per heavy atom. The molecule has 0 saturated heterocycles. The van der Waals surface area contributed by atoms with Gasteiger partial charge in [-0.05, 0) is 29.7 Å². The molecule has 1 nitrogen and oxygen atoms in total. The number of quaternary nitrogens is 1. The molecule has 2 aromatic rings. The number of hydrogen-bond donors (Lipinski definition) is 0. The number of benzene rings is 2. The van der Waals surface area contributed by atoms with Crippen LogP contribution >= 0.6 is 0 Å². The van der Waals surface area contributed by atoms with E-state index in [-0.39, 0.29) is 17.0 Å². The third kappa shape index (κ3) is 6.76. The second kappa shape index (κ2) is 9.25. The van der Waals surface area contributed by atoms with Gasteiger partial charge in [-0.1, -0.05) is 60.5 Å². The summed E-state index contributed by atoms with van der Waals surface area (Å²) in [5, 5.41) is 0. The van der Waals surface area contributed by atoms with Crippen molar-refractivity contribution in [1.82, 2.24) is 0 Å². The summed E-state index contributed by atoms with van der Waals surface area (Å²) in [6.45, 7) is 1.81. The van der Waals surface area contributed by atoms with Crippen molar-refractivity contribution in [1.29, 1.82) is 0 Å². The predicted octanol–water partition coefficient (Wildman–Crippen LogP) is 0.832. The first-order valence-corrected chi connectivity index (χ1v) is 7.23. The average Bonchev–Trinajstić information content (AvgIpc) is 2.49. The molecule has 0 unspecified atom stereocenters. The molecule has 2 rings (SSSR count). The van der Waals surface area contributed by atoms with Gasteiger partial charge in [0, 0.05) is 5.56 Å². The van der Waals surface area contributed by atoms with E-state index in [0.717, 1.165) is 23.1 Å². The molecule has 0 aromatic heterocycles. The van der Waals surface area contributed by atoms with Crippen molar-refractivity contribution in [2.45, 2.75) is 0 Å². The standard InChI is InChI=1S/C20H22N.BrH/c1-21(2,17-9-15-19-11-5-3-6-12-19)18-10-16-20-13-7-4-8-14-20;/h3-9,11-15H,17-18H2,1-2H3;1H/q+1;/p-1/b15-9+;. The van der Waals surface area contributed by atoms with Crippen molar-refractivity contribution in [2.24, 2.45) is 0 Å². The third-order valence-corrected chi connectivity index (χ3v) is 3.22. The fourth-order valence-electron chi connectivity index (χ4n) is 1.98. The van der Waals surface area contributed by atoms with Crippen LogP contribution in [0.25, 0.3) is 6.08 Å². The van der Waals surface area contributed by atoms with Gasteiger partial charge in [-0.2, -0.15) is 0 Å². The molecular weight excluding hydrogens is 334 g/mol. The van der Waals surface area contributed by atoms with Gasteiger partial charge >= 0.3 is 0 Å². The van der Waals surface area contributed by atoms with Crippen molar-refractivity contribution in [2.75, 3.05) is 27.2 Å². The molecule has 114 valence electrons. The number of halogens is 1. The highest BCUT2D eigenvalue weighted by Crippen LogP contribution is 2.03. The van der Waals surface area contributed by atoms with E-state index in [1.165, 1.54) is 5.56 Å². The molecular formula is C20H22BrN. The normalized spacial score (nSPS) is 10.6. The van der Waals surface area contributed by atoms with Gasteiger partial charge in [-0.3, -0.25) is 0 Å². The Hall–Kier alpha value is -1.82. The summed E-state index contributed by atoms with van der Waals surface area (Å²) in [4.78, 5) is 0. The molecule has 0 atom stereocenters. The molecule has 2 aromatic carbocycles. The molecule has 22 heavy (non-hydrogen) atoms. The van der Waals surface area contributed by atoms with Crippen LogP contribution in [-0.2, 0) is 0 Å². The fraction of sp³-hybridized carbons (Fsp3) is 0.200. The maximum absolute atomic E-state index is 3.28. The monoisotopic (exact) mass is 355 g/mol. The summed E-state index contributed by atoms with van der Waals surface area (Å²) in [6.07, 6.45) is 4.39. The average molecular weight is 356 g/mol. The van der Waals surface area contributed by atoms with Gasteiger partial charge in [0.25, 0.3) is 0 Å². The van der Waals surface area contributed by atoms with Gasteiger partial charge in [0.2, 0.25) is 0 Å². The Morgan fingerprint density at radius 3 is 2.14 bits per heavy atom. The minimum Gasteiger partial charge on any atom is -1.00 e. The molecule has 0 saturated carbocycles. The van der Waals surface area contributed by atoms with E-state index >= 15 is 0 Å². The highest BCUT2D eigenvalue weighted by atomic mass is 79.9. The molecule has 0 heterocycles. The zero-order valence-corrected chi connectivity index (χ0v) is 14.8. The summed E-state index contributed by atoms with van der Waals surface area (Å²) < 4.78 is 0.864. The maximum atomic E-state index is 3.28. The molecule has 0 aliphatic carbocycles. The van der Waals surface area contributed by atoms with Crippen molar-refractivity contribution in [3.05, 3.63) is 77.9 Å². The van der Waals surface area contributed by atoms with E-state index < -0.39 is 0 Å². The zero-order valence-electron chi connectivity index (χ0n) is 13.2. The van der Waals surface area contributed by atoms with Crippen molar-refractivity contribution in [3.8, 4) is 11.8 Å². The number of rotatable bonds is 4. The first kappa shape index (κ1) is 18.2. The largest absolute Gasteiger partial charge is 1.00 e. The molecule has 0 spiro atoms. The molecule has 0 aliphatic rings. The van der Waals surface area contributed by atoms with Crippen LogP contribution in [0.5, 0.6) is 0 Å². The lowest BCUT2D eigenvalue weighted by atomic mass is 10.2. The summed E-state index contributed by atoms with van der Waals surface area (Å²) >= 11 is 0. The summed E-state index contributed by atoms with van der Waals surface area (Å²) in [5.74, 6) is 6.50. The van der Waals surface area contributed by atoms with Gasteiger partial charge in [0.1, 0.15) is 6.54 Å². The first-order chi connectivity index (χ1) is 10.2. The molecule has 0 bridgehead atoms. The summed E-state index contributed by atoms with van der Waals surface area (Å²) in [6, 6.07) is 20.5. The Morgan fingerprint density at radius 1 is 0.909 bits per heavy atom. The van der Waals surface area contributed by atoms with E-state index in [1.807, 2.05) is 36.4 Å². The second-order valence-corrected chi connectivity index (χ2v) is 5.76. The van der Waals surface area contributed by atoms with E-state index in [9.17, 15) is 0 Å². The smallest absolute Gasteiger partial charge is 0.141 e. The summed E-state index contributed by atoms with van der Waals surface area (Å²) in [5.41, 5.74) is 2.32. The van der Waals surface area contributed by atoms with Crippen molar-refractivity contribution >= 4 is 6.08 Å². The Balaban J connectivity index is 0.00000242. The summed E-state index contributed by atoms with van der Waals surface area (Å²) in [7, 11) is 4.41. The third-order valence-electron chi connectivity index (χ3n) is 3.22. The molecule has 0 fully saturated rings. The topological polar surface area (TPSA) is 0 Å². The van der Waals surface area contributed by atoms with E-state index in [1.54, 1.807) is 0 Å². The van der Waals surface area contributed by atoms with Crippen LogP contribution in [0.15, 0.2) is 66.7 Å². The number of hydrogen-bond acceptors (Lipinski definition) is 0. The molecule has 2 heteroatoms. The minimum absolute atomic E-state index is 0. The fourth-order valence-corrected chi connectivity index (χ4v) is 1.98. The molecule has 0 N–H and O–H groups in total. The van der Waals surface area contributed by atoms with Crippen molar-refractivity contribution < 1.29 is 21.5 Å². The highest BCUT2D eigenvalue weighted by Gasteiger charge is 2.09. The lowest BCUT2D eigenvalue weighted by molar-refractivity contribution is -0.877.